The van der Waals surface area contributed by atoms with E-state index in [0.717, 1.165) is 11.0 Å². The van der Waals surface area contributed by atoms with Crippen LogP contribution in [0, 0.1) is 0 Å². The van der Waals surface area contributed by atoms with E-state index < -0.39 is 34.8 Å². The van der Waals surface area contributed by atoms with E-state index in [1.807, 2.05) is 0 Å². The summed E-state index contributed by atoms with van der Waals surface area (Å²) >= 11 is 0. The van der Waals surface area contributed by atoms with E-state index in [4.69, 9.17) is 18.6 Å². The molecule has 7 nitrogen and oxygen atoms in total. The molecule has 0 aliphatic carbocycles. The van der Waals surface area contributed by atoms with Gasteiger partial charge in [-0.05, 0) is 24.3 Å². The zero-order valence-electron chi connectivity index (χ0n) is 16.1. The molecule has 1 amide bonds. The molecular weight excluding hydrogens is 407 g/mol. The fraction of sp³-hybridized carbons (Fsp3) is 0.200. The summed E-state index contributed by atoms with van der Waals surface area (Å²) in [6.07, 6.45) is -5.76. The molecule has 0 saturated carbocycles. The lowest BCUT2D eigenvalue weighted by Gasteiger charge is -2.14. The molecule has 0 fully saturated rings. The van der Waals surface area contributed by atoms with E-state index >= 15 is 0 Å². The van der Waals surface area contributed by atoms with Gasteiger partial charge in [-0.15, -0.1) is 0 Å². The lowest BCUT2D eigenvalue weighted by Crippen LogP contribution is -2.25. The number of nitrogens with zero attached hydrogens (tertiary/aromatic N) is 1. The van der Waals surface area contributed by atoms with Gasteiger partial charge >= 0.3 is 12.3 Å². The smallest absolute Gasteiger partial charge is 0.453 e. The third kappa shape index (κ3) is 4.32. The number of methoxy groups -OCH3 is 1. The second-order valence-electron chi connectivity index (χ2n) is 6.29. The van der Waals surface area contributed by atoms with Gasteiger partial charge in [0.2, 0.25) is 11.2 Å². The van der Waals surface area contributed by atoms with Gasteiger partial charge in [0.15, 0.2) is 0 Å². The minimum absolute atomic E-state index is 0.0389. The van der Waals surface area contributed by atoms with Gasteiger partial charge in [-0.3, -0.25) is 4.79 Å². The van der Waals surface area contributed by atoms with E-state index in [0.29, 0.717) is 5.75 Å². The summed E-state index contributed by atoms with van der Waals surface area (Å²) in [4.78, 5) is 25.5. The molecule has 0 unspecified atom stereocenters. The first kappa shape index (κ1) is 21.0. The summed E-state index contributed by atoms with van der Waals surface area (Å²) in [7, 11) is 4.26. The van der Waals surface area contributed by atoms with Crippen LogP contribution >= 0.6 is 0 Å². The molecule has 0 bridgehead atoms. The second-order valence-corrected chi connectivity index (χ2v) is 6.29. The quantitative estimate of drug-likeness (QED) is 0.607. The van der Waals surface area contributed by atoms with E-state index in [2.05, 4.69) is 0 Å². The second kappa shape index (κ2) is 7.97. The number of hydrogen-bond donors (Lipinski definition) is 0. The molecule has 0 radical (unpaired) electrons. The number of fused-ring (bicyclic) bond motifs is 1. The van der Waals surface area contributed by atoms with Gasteiger partial charge in [-0.1, -0.05) is 6.07 Å². The Hall–Kier alpha value is -3.69. The highest BCUT2D eigenvalue weighted by Gasteiger charge is 2.40. The summed E-state index contributed by atoms with van der Waals surface area (Å²) < 4.78 is 61.0. The molecule has 10 heteroatoms. The number of hydrogen-bond acceptors (Lipinski definition) is 6. The van der Waals surface area contributed by atoms with Crippen molar-refractivity contribution in [2.45, 2.75) is 6.18 Å². The van der Waals surface area contributed by atoms with Crippen molar-refractivity contribution < 1.29 is 36.6 Å². The molecule has 0 aliphatic rings. The Labute approximate surface area is 168 Å². The highest BCUT2D eigenvalue weighted by atomic mass is 19.4. The minimum atomic E-state index is -5.02. The van der Waals surface area contributed by atoms with Crippen molar-refractivity contribution in [1.82, 2.24) is 4.90 Å². The van der Waals surface area contributed by atoms with Crippen LogP contribution in [0.25, 0.3) is 11.0 Å². The number of carbonyl (C=O) groups is 1. The van der Waals surface area contributed by atoms with Crippen LogP contribution in [0.3, 0.4) is 0 Å². The summed E-state index contributed by atoms with van der Waals surface area (Å²) in [5.74, 6) is -2.42. The van der Waals surface area contributed by atoms with E-state index in [-0.39, 0.29) is 16.9 Å². The van der Waals surface area contributed by atoms with Gasteiger partial charge in [-0.25, -0.2) is 4.79 Å². The molecule has 3 aromatic rings. The fourth-order valence-electron chi connectivity index (χ4n) is 2.47. The average Bonchev–Trinajstić information content (AvgIpc) is 2.69. The molecule has 0 atom stereocenters. The Morgan fingerprint density at radius 2 is 1.73 bits per heavy atom. The number of benzene rings is 2. The molecular formula is C20H16F3NO6. The predicted molar refractivity (Wildman–Crippen MR) is 100 cm³/mol. The first-order chi connectivity index (χ1) is 14.1. The molecule has 1 heterocycles. The number of amides is 1. The Balaban J connectivity index is 2.13. The lowest BCUT2D eigenvalue weighted by atomic mass is 10.2. The summed E-state index contributed by atoms with van der Waals surface area (Å²) in [6.45, 7) is 0. The van der Waals surface area contributed by atoms with Crippen molar-refractivity contribution in [2.24, 2.45) is 0 Å². The van der Waals surface area contributed by atoms with E-state index in [9.17, 15) is 22.8 Å². The van der Waals surface area contributed by atoms with Crippen LogP contribution in [-0.4, -0.2) is 32.2 Å². The van der Waals surface area contributed by atoms with Crippen molar-refractivity contribution >= 4 is 17.1 Å². The Morgan fingerprint density at radius 3 is 2.37 bits per heavy atom. The monoisotopic (exact) mass is 423 g/mol. The molecule has 0 spiro atoms. The highest BCUT2D eigenvalue weighted by molar-refractivity contribution is 5.81. The van der Waals surface area contributed by atoms with Crippen molar-refractivity contribution in [3.63, 3.8) is 0 Å². The molecule has 2 aromatic carbocycles. The third-order valence-electron chi connectivity index (χ3n) is 3.91. The van der Waals surface area contributed by atoms with Gasteiger partial charge in [0, 0.05) is 26.2 Å². The molecule has 1 aromatic heterocycles. The first-order valence-electron chi connectivity index (χ1n) is 8.49. The maximum Gasteiger partial charge on any atom is 0.453 e. The van der Waals surface area contributed by atoms with Gasteiger partial charge < -0.3 is 23.5 Å². The molecule has 158 valence electrons. The number of ether oxygens (including phenoxy) is 3. The number of halogens is 3. The molecule has 0 aliphatic heterocycles. The van der Waals surface area contributed by atoms with Crippen molar-refractivity contribution in [2.75, 3.05) is 21.2 Å². The Morgan fingerprint density at radius 1 is 1.03 bits per heavy atom. The van der Waals surface area contributed by atoms with Crippen LogP contribution < -0.4 is 19.6 Å². The normalized spacial score (nSPS) is 11.3. The van der Waals surface area contributed by atoms with Crippen molar-refractivity contribution in [3.05, 3.63) is 58.4 Å². The first-order valence-corrected chi connectivity index (χ1v) is 8.49. The van der Waals surface area contributed by atoms with Gasteiger partial charge in [0.1, 0.15) is 22.8 Å². The van der Waals surface area contributed by atoms with Crippen LogP contribution in [0.15, 0.2) is 51.7 Å². The zero-order valence-corrected chi connectivity index (χ0v) is 16.1. The van der Waals surface area contributed by atoms with Gasteiger partial charge in [-0.2, -0.15) is 13.2 Å². The lowest BCUT2D eigenvalue weighted by molar-refractivity contribution is -0.154. The van der Waals surface area contributed by atoms with Crippen LogP contribution in [0.2, 0.25) is 0 Å². The van der Waals surface area contributed by atoms with Gasteiger partial charge in [0.25, 0.3) is 5.76 Å². The van der Waals surface area contributed by atoms with Crippen molar-refractivity contribution in [1.29, 1.82) is 0 Å². The van der Waals surface area contributed by atoms with E-state index in [1.54, 1.807) is 6.07 Å². The Bertz CT molecular complexity index is 1150. The SMILES string of the molecule is COc1cccc(Oc2c(C(F)(F)F)oc3cc(OC(=O)N(C)C)ccc3c2=O)c1. The average molecular weight is 423 g/mol. The standard InChI is InChI=1S/C20H16F3NO6/c1-24(2)19(26)29-13-7-8-14-15(10-13)30-18(20(21,22)23)17(16(14)25)28-12-6-4-5-11(9-12)27-3/h4-10H,1-3H3. The molecule has 30 heavy (non-hydrogen) atoms. The predicted octanol–water partition coefficient (Wildman–Crippen LogP) is 4.67. The summed E-state index contributed by atoms with van der Waals surface area (Å²) in [5.41, 5.74) is -1.44. The number of alkyl halides is 3. The van der Waals surface area contributed by atoms with Crippen molar-refractivity contribution in [3.8, 4) is 23.0 Å². The molecule has 0 saturated heterocycles. The summed E-state index contributed by atoms with van der Waals surface area (Å²) in [5, 5.41) is -0.175. The van der Waals surface area contributed by atoms with Crippen LogP contribution in [0.4, 0.5) is 18.0 Å². The minimum Gasteiger partial charge on any atom is -0.497 e. The fourth-order valence-corrected chi connectivity index (χ4v) is 2.47. The topological polar surface area (TPSA) is 78.2 Å². The molecule has 3 rings (SSSR count). The summed E-state index contributed by atoms with van der Waals surface area (Å²) in [6, 6.07) is 9.25. The zero-order chi connectivity index (χ0) is 22.1. The van der Waals surface area contributed by atoms with Crippen LogP contribution in [-0.2, 0) is 6.18 Å². The van der Waals surface area contributed by atoms with Crippen LogP contribution in [0.1, 0.15) is 5.76 Å². The van der Waals surface area contributed by atoms with E-state index in [1.165, 1.54) is 51.5 Å². The largest absolute Gasteiger partial charge is 0.497 e. The van der Waals surface area contributed by atoms with Crippen LogP contribution in [0.5, 0.6) is 23.0 Å². The highest BCUT2D eigenvalue weighted by Crippen LogP contribution is 2.39. The number of rotatable bonds is 4. The maximum absolute atomic E-state index is 13.6. The Kier molecular flexibility index (Phi) is 5.59. The maximum atomic E-state index is 13.6. The van der Waals surface area contributed by atoms with Gasteiger partial charge in [0.05, 0.1) is 12.5 Å². The third-order valence-corrected chi connectivity index (χ3v) is 3.91. The molecule has 0 N–H and O–H groups in total. The number of carbonyl (C=O) groups excluding carboxylic acids is 1.